The van der Waals surface area contributed by atoms with Gasteiger partial charge in [-0.2, -0.15) is 0 Å². The largest absolute Gasteiger partial charge is 0.352 e. The van der Waals surface area contributed by atoms with Gasteiger partial charge in [-0.1, -0.05) is 0 Å². The van der Waals surface area contributed by atoms with E-state index in [1.807, 2.05) is 4.90 Å². The molecule has 20 heavy (non-hydrogen) atoms. The summed E-state index contributed by atoms with van der Waals surface area (Å²) < 4.78 is 0. The molecule has 1 heterocycles. The molecule has 114 valence electrons. The third-order valence-electron chi connectivity index (χ3n) is 4.67. The summed E-state index contributed by atoms with van der Waals surface area (Å²) in [7, 11) is 0. The van der Waals surface area contributed by atoms with Gasteiger partial charge in [-0.3, -0.25) is 9.59 Å². The molecule has 0 aromatic carbocycles. The number of hydrogen-bond donors (Lipinski definition) is 2. The van der Waals surface area contributed by atoms with Gasteiger partial charge in [0.15, 0.2) is 0 Å². The van der Waals surface area contributed by atoms with Crippen LogP contribution in [0.2, 0.25) is 0 Å². The lowest BCUT2D eigenvalue weighted by atomic mass is 9.81. The van der Waals surface area contributed by atoms with Crippen molar-refractivity contribution in [3.63, 3.8) is 0 Å². The molecule has 1 aliphatic carbocycles. The predicted octanol–water partition coefficient (Wildman–Crippen LogP) is 0.879. The molecule has 0 aromatic heterocycles. The maximum atomic E-state index is 12.6. The molecule has 0 spiro atoms. The number of rotatable bonds is 3. The molecule has 2 amide bonds. The Bertz CT molecular complexity index is 351. The lowest BCUT2D eigenvalue weighted by molar-refractivity contribution is -0.138. The molecule has 1 unspecified atom stereocenters. The van der Waals surface area contributed by atoms with Crippen molar-refractivity contribution in [1.82, 2.24) is 10.2 Å². The number of likely N-dealkylation sites (tertiary alicyclic amines) is 1. The Labute approximate surface area is 121 Å². The van der Waals surface area contributed by atoms with E-state index >= 15 is 0 Å². The molecule has 0 bridgehead atoms. The van der Waals surface area contributed by atoms with Crippen LogP contribution in [0.3, 0.4) is 0 Å². The van der Waals surface area contributed by atoms with Crippen LogP contribution in [-0.4, -0.2) is 42.4 Å². The quantitative estimate of drug-likeness (QED) is 0.806. The van der Waals surface area contributed by atoms with E-state index in [-0.39, 0.29) is 23.8 Å². The van der Waals surface area contributed by atoms with E-state index in [1.165, 1.54) is 6.92 Å². The van der Waals surface area contributed by atoms with Crippen LogP contribution in [0, 0.1) is 11.8 Å². The molecular formula is C15H27N3O2. The molecule has 0 aromatic rings. The number of nitrogens with zero attached hydrogens (tertiary/aromatic N) is 1. The van der Waals surface area contributed by atoms with Crippen LogP contribution in [0.25, 0.3) is 0 Å². The first-order valence-corrected chi connectivity index (χ1v) is 7.86. The summed E-state index contributed by atoms with van der Waals surface area (Å²) in [4.78, 5) is 25.7. The molecule has 3 N–H and O–H groups in total. The summed E-state index contributed by atoms with van der Waals surface area (Å²) in [5.41, 5.74) is 5.70. The number of nitrogens with two attached hydrogens (primary N) is 1. The van der Waals surface area contributed by atoms with E-state index < -0.39 is 0 Å². The summed E-state index contributed by atoms with van der Waals surface area (Å²) >= 11 is 0. The van der Waals surface area contributed by atoms with Crippen LogP contribution in [0.5, 0.6) is 0 Å². The van der Waals surface area contributed by atoms with Crippen LogP contribution in [0.4, 0.5) is 0 Å². The SMILES string of the molecule is CC(=O)NC1CCCN(C(=O)C2CCC(CN)CC2)C1. The van der Waals surface area contributed by atoms with Crippen molar-refractivity contribution in [2.45, 2.75) is 51.5 Å². The molecule has 2 fully saturated rings. The highest BCUT2D eigenvalue weighted by Gasteiger charge is 2.31. The number of piperidine rings is 1. The monoisotopic (exact) mass is 281 g/mol. The normalized spacial score (nSPS) is 30.9. The van der Waals surface area contributed by atoms with E-state index in [0.29, 0.717) is 12.5 Å². The third kappa shape index (κ3) is 3.95. The second-order valence-corrected chi connectivity index (χ2v) is 6.28. The number of hydrogen-bond acceptors (Lipinski definition) is 3. The fraction of sp³-hybridized carbons (Fsp3) is 0.867. The first-order chi connectivity index (χ1) is 9.60. The molecule has 0 radical (unpaired) electrons. The third-order valence-corrected chi connectivity index (χ3v) is 4.67. The highest BCUT2D eigenvalue weighted by Crippen LogP contribution is 2.30. The molecule has 1 atom stereocenters. The van der Waals surface area contributed by atoms with Crippen molar-refractivity contribution in [1.29, 1.82) is 0 Å². The summed E-state index contributed by atoms with van der Waals surface area (Å²) in [6.45, 7) is 3.80. The minimum absolute atomic E-state index is 0.00671. The van der Waals surface area contributed by atoms with E-state index in [2.05, 4.69) is 5.32 Å². The first-order valence-electron chi connectivity index (χ1n) is 7.86. The van der Waals surface area contributed by atoms with Crippen LogP contribution in [0.1, 0.15) is 45.4 Å². The maximum Gasteiger partial charge on any atom is 0.225 e. The number of amides is 2. The lowest BCUT2D eigenvalue weighted by Gasteiger charge is -2.37. The number of nitrogens with one attached hydrogen (secondary N) is 1. The Morgan fingerprint density at radius 2 is 1.90 bits per heavy atom. The zero-order valence-electron chi connectivity index (χ0n) is 12.4. The topological polar surface area (TPSA) is 75.4 Å². The highest BCUT2D eigenvalue weighted by atomic mass is 16.2. The van der Waals surface area contributed by atoms with E-state index in [9.17, 15) is 9.59 Å². The molecule has 2 aliphatic rings. The van der Waals surface area contributed by atoms with Crippen LogP contribution in [-0.2, 0) is 9.59 Å². The molecule has 1 saturated heterocycles. The standard InChI is InChI=1S/C15H27N3O2/c1-11(19)17-14-3-2-8-18(10-14)15(20)13-6-4-12(9-16)5-7-13/h12-14H,2-10,16H2,1H3,(H,17,19). The Balaban J connectivity index is 1.84. The molecule has 5 nitrogen and oxygen atoms in total. The fourth-order valence-electron chi connectivity index (χ4n) is 3.49. The van der Waals surface area contributed by atoms with Gasteiger partial charge in [0.25, 0.3) is 0 Å². The number of carbonyl (C=O) groups excluding carboxylic acids is 2. The van der Waals surface area contributed by atoms with Gasteiger partial charge in [0.2, 0.25) is 11.8 Å². The van der Waals surface area contributed by atoms with Crippen molar-refractivity contribution in [3.05, 3.63) is 0 Å². The summed E-state index contributed by atoms with van der Waals surface area (Å²) in [6, 6.07) is 0.130. The zero-order valence-corrected chi connectivity index (χ0v) is 12.4. The number of carbonyl (C=O) groups is 2. The van der Waals surface area contributed by atoms with Crippen molar-refractivity contribution in [2.24, 2.45) is 17.6 Å². The fourth-order valence-corrected chi connectivity index (χ4v) is 3.49. The second-order valence-electron chi connectivity index (χ2n) is 6.28. The van der Waals surface area contributed by atoms with Gasteiger partial charge >= 0.3 is 0 Å². The van der Waals surface area contributed by atoms with Crippen LogP contribution < -0.4 is 11.1 Å². The molecule has 2 rings (SSSR count). The van der Waals surface area contributed by atoms with Gasteiger partial charge in [-0.15, -0.1) is 0 Å². The van der Waals surface area contributed by atoms with E-state index in [1.54, 1.807) is 0 Å². The second kappa shape index (κ2) is 7.07. The van der Waals surface area contributed by atoms with E-state index in [4.69, 9.17) is 5.73 Å². The molecule has 1 aliphatic heterocycles. The van der Waals surface area contributed by atoms with Gasteiger partial charge < -0.3 is 16.0 Å². The van der Waals surface area contributed by atoms with Crippen LogP contribution in [0.15, 0.2) is 0 Å². The molecule has 1 saturated carbocycles. The smallest absolute Gasteiger partial charge is 0.225 e. The van der Waals surface area contributed by atoms with Crippen LogP contribution >= 0.6 is 0 Å². The Kier molecular flexibility index (Phi) is 5.40. The summed E-state index contributed by atoms with van der Waals surface area (Å²) in [5, 5.41) is 2.94. The van der Waals surface area contributed by atoms with Gasteiger partial charge in [-0.25, -0.2) is 0 Å². The Morgan fingerprint density at radius 3 is 2.50 bits per heavy atom. The van der Waals surface area contributed by atoms with Crippen molar-refractivity contribution in [2.75, 3.05) is 19.6 Å². The van der Waals surface area contributed by atoms with Gasteiger partial charge in [0.1, 0.15) is 0 Å². The van der Waals surface area contributed by atoms with Gasteiger partial charge in [0.05, 0.1) is 0 Å². The zero-order chi connectivity index (χ0) is 14.5. The van der Waals surface area contributed by atoms with Crippen molar-refractivity contribution < 1.29 is 9.59 Å². The van der Waals surface area contributed by atoms with Gasteiger partial charge in [0, 0.05) is 32.0 Å². The summed E-state index contributed by atoms with van der Waals surface area (Å²) in [6.07, 6.45) is 6.06. The highest BCUT2D eigenvalue weighted by molar-refractivity contribution is 5.79. The minimum Gasteiger partial charge on any atom is -0.352 e. The van der Waals surface area contributed by atoms with E-state index in [0.717, 1.165) is 51.6 Å². The Hall–Kier alpha value is -1.10. The summed E-state index contributed by atoms with van der Waals surface area (Å²) in [5.74, 6) is 1.06. The van der Waals surface area contributed by atoms with Gasteiger partial charge in [-0.05, 0) is 51.0 Å². The average molecular weight is 281 g/mol. The maximum absolute atomic E-state index is 12.6. The first kappa shape index (κ1) is 15.3. The predicted molar refractivity (Wildman–Crippen MR) is 77.9 cm³/mol. The average Bonchev–Trinajstić information content (AvgIpc) is 2.46. The molecular weight excluding hydrogens is 254 g/mol. The van der Waals surface area contributed by atoms with Crippen molar-refractivity contribution >= 4 is 11.8 Å². The molecule has 5 heteroatoms. The van der Waals surface area contributed by atoms with Crippen molar-refractivity contribution in [3.8, 4) is 0 Å². The lowest BCUT2D eigenvalue weighted by Crippen LogP contribution is -2.51. The minimum atomic E-state index is -0.00671. The Morgan fingerprint density at radius 1 is 1.20 bits per heavy atom.